The van der Waals surface area contributed by atoms with Gasteiger partial charge < -0.3 is 15.4 Å². The highest BCUT2D eigenvalue weighted by Crippen LogP contribution is 2.33. The molecule has 0 bridgehead atoms. The fourth-order valence-corrected chi connectivity index (χ4v) is 3.35. The number of carbonyl (C=O) groups excluding carboxylic acids is 1. The molecule has 1 aliphatic rings. The molecule has 4 nitrogen and oxygen atoms in total. The summed E-state index contributed by atoms with van der Waals surface area (Å²) in [6.07, 6.45) is 0.825. The SMILES string of the molecule is CC(=O)NC(c1ccccc1F)C(C)NC1CCOc2ccccc21. The van der Waals surface area contributed by atoms with Gasteiger partial charge in [0, 0.05) is 36.6 Å². The Morgan fingerprint density at radius 2 is 1.92 bits per heavy atom. The second-order valence-electron chi connectivity index (χ2n) is 6.38. The summed E-state index contributed by atoms with van der Waals surface area (Å²) < 4.78 is 20.0. The Kier molecular flexibility index (Phi) is 5.34. The van der Waals surface area contributed by atoms with Gasteiger partial charge in [0.2, 0.25) is 5.91 Å². The van der Waals surface area contributed by atoms with Crippen LogP contribution in [0.5, 0.6) is 5.75 Å². The number of hydrogen-bond donors (Lipinski definition) is 2. The lowest BCUT2D eigenvalue weighted by Crippen LogP contribution is -2.44. The van der Waals surface area contributed by atoms with Gasteiger partial charge in [-0.1, -0.05) is 36.4 Å². The number of rotatable bonds is 5. The molecule has 132 valence electrons. The number of halogens is 1. The number of nitrogens with one attached hydrogen (secondary N) is 2. The molecule has 1 heterocycles. The highest BCUT2D eigenvalue weighted by Gasteiger charge is 2.28. The number of amides is 1. The Labute approximate surface area is 147 Å². The van der Waals surface area contributed by atoms with E-state index in [0.717, 1.165) is 17.7 Å². The van der Waals surface area contributed by atoms with Gasteiger partial charge in [0.05, 0.1) is 12.6 Å². The molecular weight excluding hydrogens is 319 g/mol. The first-order chi connectivity index (χ1) is 12.1. The van der Waals surface area contributed by atoms with Crippen LogP contribution in [-0.4, -0.2) is 18.6 Å². The van der Waals surface area contributed by atoms with Crippen LogP contribution in [0.1, 0.15) is 43.5 Å². The lowest BCUT2D eigenvalue weighted by Gasteiger charge is -2.33. The van der Waals surface area contributed by atoms with Crippen LogP contribution in [0.4, 0.5) is 4.39 Å². The van der Waals surface area contributed by atoms with Crippen LogP contribution in [0.2, 0.25) is 0 Å². The summed E-state index contributed by atoms with van der Waals surface area (Å²) in [6, 6.07) is 14.0. The van der Waals surface area contributed by atoms with E-state index < -0.39 is 6.04 Å². The van der Waals surface area contributed by atoms with Gasteiger partial charge in [0.15, 0.2) is 0 Å². The van der Waals surface area contributed by atoms with Crippen LogP contribution in [0.3, 0.4) is 0 Å². The zero-order chi connectivity index (χ0) is 17.8. The summed E-state index contributed by atoms with van der Waals surface area (Å²) in [4.78, 5) is 11.7. The normalized spacial score (nSPS) is 18.6. The van der Waals surface area contributed by atoms with Crippen molar-refractivity contribution in [3.63, 3.8) is 0 Å². The molecule has 0 aliphatic carbocycles. The Bertz CT molecular complexity index is 750. The zero-order valence-electron chi connectivity index (χ0n) is 14.5. The molecule has 0 saturated carbocycles. The van der Waals surface area contributed by atoms with E-state index >= 15 is 0 Å². The van der Waals surface area contributed by atoms with E-state index in [-0.39, 0.29) is 23.8 Å². The number of fused-ring (bicyclic) bond motifs is 1. The summed E-state index contributed by atoms with van der Waals surface area (Å²) in [6.45, 7) is 4.04. The van der Waals surface area contributed by atoms with E-state index in [1.807, 2.05) is 31.2 Å². The number of carbonyl (C=O) groups is 1. The number of para-hydroxylation sites is 1. The average Bonchev–Trinajstić information content (AvgIpc) is 2.60. The van der Waals surface area contributed by atoms with E-state index in [2.05, 4.69) is 10.6 Å². The minimum atomic E-state index is -0.450. The smallest absolute Gasteiger partial charge is 0.217 e. The Balaban J connectivity index is 1.83. The molecule has 25 heavy (non-hydrogen) atoms. The first kappa shape index (κ1) is 17.4. The maximum Gasteiger partial charge on any atom is 0.217 e. The first-order valence-electron chi connectivity index (χ1n) is 8.55. The van der Waals surface area contributed by atoms with Crippen molar-refractivity contribution in [2.45, 2.75) is 38.4 Å². The molecule has 3 unspecified atom stereocenters. The molecule has 3 rings (SSSR count). The maximum absolute atomic E-state index is 14.3. The van der Waals surface area contributed by atoms with Crippen molar-refractivity contribution >= 4 is 5.91 Å². The van der Waals surface area contributed by atoms with Crippen molar-refractivity contribution in [3.8, 4) is 5.75 Å². The molecule has 5 heteroatoms. The van der Waals surface area contributed by atoms with Crippen LogP contribution < -0.4 is 15.4 Å². The van der Waals surface area contributed by atoms with Crippen molar-refractivity contribution in [2.24, 2.45) is 0 Å². The van der Waals surface area contributed by atoms with Crippen molar-refractivity contribution in [1.29, 1.82) is 0 Å². The van der Waals surface area contributed by atoms with Gasteiger partial charge in [-0.15, -0.1) is 0 Å². The fraction of sp³-hybridized carbons (Fsp3) is 0.350. The molecule has 0 radical (unpaired) electrons. The predicted octanol–water partition coefficient (Wildman–Crippen LogP) is 3.50. The molecule has 0 fully saturated rings. The standard InChI is InChI=1S/C20H23FN2O2/c1-13(20(23-14(2)24)15-7-3-5-9-17(15)21)22-18-11-12-25-19-10-6-4-8-16(18)19/h3-10,13,18,20,22H,11-12H2,1-2H3,(H,23,24). The third kappa shape index (κ3) is 3.99. The Morgan fingerprint density at radius 3 is 2.68 bits per heavy atom. The molecule has 2 aromatic rings. The molecular formula is C20H23FN2O2. The summed E-state index contributed by atoms with van der Waals surface area (Å²) in [5, 5.41) is 6.42. The van der Waals surface area contributed by atoms with E-state index in [4.69, 9.17) is 4.74 Å². The lowest BCUT2D eigenvalue weighted by atomic mass is 9.95. The van der Waals surface area contributed by atoms with Crippen molar-refractivity contribution in [2.75, 3.05) is 6.61 Å². The maximum atomic E-state index is 14.3. The molecule has 3 atom stereocenters. The lowest BCUT2D eigenvalue weighted by molar-refractivity contribution is -0.119. The fourth-order valence-electron chi connectivity index (χ4n) is 3.35. The predicted molar refractivity (Wildman–Crippen MR) is 94.9 cm³/mol. The Morgan fingerprint density at radius 1 is 1.20 bits per heavy atom. The summed E-state index contributed by atoms with van der Waals surface area (Å²) >= 11 is 0. The van der Waals surface area contributed by atoms with Crippen molar-refractivity contribution in [1.82, 2.24) is 10.6 Å². The third-order valence-electron chi connectivity index (χ3n) is 4.52. The van der Waals surface area contributed by atoms with Gasteiger partial charge in [0.1, 0.15) is 11.6 Å². The molecule has 0 spiro atoms. The molecule has 0 saturated heterocycles. The molecule has 2 N–H and O–H groups in total. The van der Waals surface area contributed by atoms with E-state index in [0.29, 0.717) is 12.2 Å². The monoisotopic (exact) mass is 342 g/mol. The molecule has 2 aromatic carbocycles. The molecule has 0 aromatic heterocycles. The molecule has 1 aliphatic heterocycles. The number of benzene rings is 2. The van der Waals surface area contributed by atoms with Gasteiger partial charge in [-0.05, 0) is 19.1 Å². The second-order valence-corrected chi connectivity index (χ2v) is 6.38. The minimum absolute atomic E-state index is 0.1000. The van der Waals surface area contributed by atoms with Crippen LogP contribution in [-0.2, 0) is 4.79 Å². The molecule has 1 amide bonds. The van der Waals surface area contributed by atoms with E-state index in [1.54, 1.807) is 18.2 Å². The van der Waals surface area contributed by atoms with Gasteiger partial charge >= 0.3 is 0 Å². The van der Waals surface area contributed by atoms with Crippen LogP contribution in [0.25, 0.3) is 0 Å². The summed E-state index contributed by atoms with van der Waals surface area (Å²) in [5.74, 6) is 0.372. The van der Waals surface area contributed by atoms with Crippen LogP contribution >= 0.6 is 0 Å². The Hall–Kier alpha value is -2.40. The second kappa shape index (κ2) is 7.66. The van der Waals surface area contributed by atoms with E-state index in [1.165, 1.54) is 13.0 Å². The van der Waals surface area contributed by atoms with Crippen molar-refractivity contribution < 1.29 is 13.9 Å². The highest BCUT2D eigenvalue weighted by atomic mass is 19.1. The quantitative estimate of drug-likeness (QED) is 0.874. The highest BCUT2D eigenvalue weighted by molar-refractivity contribution is 5.73. The summed E-state index contributed by atoms with van der Waals surface area (Å²) in [7, 11) is 0. The van der Waals surface area contributed by atoms with Gasteiger partial charge in [0.25, 0.3) is 0 Å². The first-order valence-corrected chi connectivity index (χ1v) is 8.55. The average molecular weight is 342 g/mol. The topological polar surface area (TPSA) is 50.4 Å². The van der Waals surface area contributed by atoms with Gasteiger partial charge in [-0.2, -0.15) is 0 Å². The largest absolute Gasteiger partial charge is 0.493 e. The van der Waals surface area contributed by atoms with Crippen LogP contribution in [0, 0.1) is 5.82 Å². The minimum Gasteiger partial charge on any atom is -0.493 e. The van der Waals surface area contributed by atoms with Gasteiger partial charge in [-0.25, -0.2) is 4.39 Å². The van der Waals surface area contributed by atoms with Crippen LogP contribution in [0.15, 0.2) is 48.5 Å². The van der Waals surface area contributed by atoms with Crippen molar-refractivity contribution in [3.05, 3.63) is 65.5 Å². The third-order valence-corrected chi connectivity index (χ3v) is 4.52. The van der Waals surface area contributed by atoms with E-state index in [9.17, 15) is 9.18 Å². The van der Waals surface area contributed by atoms with Gasteiger partial charge in [-0.3, -0.25) is 4.79 Å². The zero-order valence-corrected chi connectivity index (χ0v) is 14.5. The number of ether oxygens (including phenoxy) is 1. The number of hydrogen-bond acceptors (Lipinski definition) is 3. The summed E-state index contributed by atoms with van der Waals surface area (Å²) in [5.41, 5.74) is 1.58.